The summed E-state index contributed by atoms with van der Waals surface area (Å²) in [6, 6.07) is 8.72. The summed E-state index contributed by atoms with van der Waals surface area (Å²) < 4.78 is 0. The Balaban J connectivity index is 2.16. The normalized spacial score (nSPS) is 26.5. The van der Waals surface area contributed by atoms with E-state index >= 15 is 0 Å². The van der Waals surface area contributed by atoms with E-state index in [4.69, 9.17) is 0 Å². The van der Waals surface area contributed by atoms with Crippen LogP contribution in [0, 0.1) is 12.8 Å². The summed E-state index contributed by atoms with van der Waals surface area (Å²) in [5.41, 5.74) is 2.68. The lowest BCUT2D eigenvalue weighted by molar-refractivity contribution is 0.179. The fraction of sp³-hybridized carbons (Fsp3) is 0.538. The van der Waals surface area contributed by atoms with E-state index in [2.05, 4.69) is 36.5 Å². The quantitative estimate of drug-likeness (QED) is 0.770. The van der Waals surface area contributed by atoms with Crippen molar-refractivity contribution in [2.24, 2.45) is 5.92 Å². The molecule has 82 valence electrons. The number of rotatable bonds is 2. The van der Waals surface area contributed by atoms with Gasteiger partial charge in [0.2, 0.25) is 0 Å². The number of piperidine rings is 1. The van der Waals surface area contributed by atoms with E-state index in [0.29, 0.717) is 11.8 Å². The molecule has 1 fully saturated rings. The molecule has 0 spiro atoms. The molecule has 0 radical (unpaired) electrons. The number of aryl methyl sites for hydroxylation is 1. The van der Waals surface area contributed by atoms with Crippen molar-refractivity contribution in [1.29, 1.82) is 0 Å². The standard InChI is InChI=1S/C13H19NO/c1-10-2-4-11(5-3-10)13-6-7-14-8-12(13)9-15/h2-5,12-15H,6-9H2,1H3. The van der Waals surface area contributed by atoms with Crippen LogP contribution < -0.4 is 5.32 Å². The Kier molecular flexibility index (Phi) is 3.39. The summed E-state index contributed by atoms with van der Waals surface area (Å²) in [7, 11) is 0. The molecule has 0 aliphatic carbocycles. The van der Waals surface area contributed by atoms with Gasteiger partial charge in [0.25, 0.3) is 0 Å². The van der Waals surface area contributed by atoms with Gasteiger partial charge in [0.15, 0.2) is 0 Å². The maximum atomic E-state index is 9.34. The fourth-order valence-corrected chi connectivity index (χ4v) is 2.37. The molecular formula is C13H19NO. The van der Waals surface area contributed by atoms with Gasteiger partial charge in [-0.3, -0.25) is 0 Å². The van der Waals surface area contributed by atoms with Crippen LogP contribution in [0.15, 0.2) is 24.3 Å². The molecule has 1 aromatic rings. The van der Waals surface area contributed by atoms with Crippen molar-refractivity contribution in [3.05, 3.63) is 35.4 Å². The number of aliphatic hydroxyl groups is 1. The van der Waals surface area contributed by atoms with Crippen molar-refractivity contribution in [3.8, 4) is 0 Å². The van der Waals surface area contributed by atoms with Crippen LogP contribution in [0.1, 0.15) is 23.5 Å². The molecule has 1 aliphatic rings. The van der Waals surface area contributed by atoms with E-state index in [-0.39, 0.29) is 6.61 Å². The maximum Gasteiger partial charge on any atom is 0.0477 e. The highest BCUT2D eigenvalue weighted by molar-refractivity contribution is 5.25. The number of hydrogen-bond donors (Lipinski definition) is 2. The zero-order chi connectivity index (χ0) is 10.7. The Bertz CT molecular complexity index is 307. The van der Waals surface area contributed by atoms with Crippen LogP contribution in [-0.4, -0.2) is 24.8 Å². The first-order valence-electron chi connectivity index (χ1n) is 5.69. The summed E-state index contributed by atoms with van der Waals surface area (Å²) >= 11 is 0. The fourth-order valence-electron chi connectivity index (χ4n) is 2.37. The van der Waals surface area contributed by atoms with Crippen LogP contribution in [0.4, 0.5) is 0 Å². The molecule has 15 heavy (non-hydrogen) atoms. The third kappa shape index (κ3) is 2.39. The molecule has 2 rings (SSSR count). The molecule has 0 bridgehead atoms. The zero-order valence-electron chi connectivity index (χ0n) is 9.24. The van der Waals surface area contributed by atoms with E-state index in [1.807, 2.05) is 0 Å². The van der Waals surface area contributed by atoms with Crippen molar-refractivity contribution < 1.29 is 5.11 Å². The van der Waals surface area contributed by atoms with Crippen LogP contribution in [0.3, 0.4) is 0 Å². The first-order chi connectivity index (χ1) is 7.31. The van der Waals surface area contributed by atoms with E-state index in [9.17, 15) is 5.11 Å². The summed E-state index contributed by atoms with van der Waals surface area (Å²) in [4.78, 5) is 0. The van der Waals surface area contributed by atoms with Crippen molar-refractivity contribution >= 4 is 0 Å². The molecule has 1 aromatic carbocycles. The number of hydrogen-bond acceptors (Lipinski definition) is 2. The average Bonchev–Trinajstić information content (AvgIpc) is 2.30. The first-order valence-corrected chi connectivity index (χ1v) is 5.69. The minimum Gasteiger partial charge on any atom is -0.396 e. The highest BCUT2D eigenvalue weighted by Gasteiger charge is 2.25. The van der Waals surface area contributed by atoms with Gasteiger partial charge in [0.1, 0.15) is 0 Å². The Morgan fingerprint density at radius 1 is 1.33 bits per heavy atom. The maximum absolute atomic E-state index is 9.34. The van der Waals surface area contributed by atoms with Crippen LogP contribution in [0.25, 0.3) is 0 Å². The molecule has 1 heterocycles. The van der Waals surface area contributed by atoms with Gasteiger partial charge in [0.05, 0.1) is 0 Å². The predicted molar refractivity (Wildman–Crippen MR) is 62.0 cm³/mol. The predicted octanol–water partition coefficient (Wildman–Crippen LogP) is 1.68. The van der Waals surface area contributed by atoms with E-state index in [1.54, 1.807) is 0 Å². The van der Waals surface area contributed by atoms with Gasteiger partial charge in [-0.15, -0.1) is 0 Å². The van der Waals surface area contributed by atoms with Gasteiger partial charge in [0, 0.05) is 19.1 Å². The van der Waals surface area contributed by atoms with Crippen LogP contribution in [-0.2, 0) is 0 Å². The molecule has 2 unspecified atom stereocenters. The molecule has 1 saturated heterocycles. The number of nitrogens with one attached hydrogen (secondary N) is 1. The molecule has 0 aromatic heterocycles. The monoisotopic (exact) mass is 205 g/mol. The van der Waals surface area contributed by atoms with Crippen LogP contribution in [0.2, 0.25) is 0 Å². The third-order valence-corrected chi connectivity index (χ3v) is 3.35. The smallest absolute Gasteiger partial charge is 0.0477 e. The molecule has 0 amide bonds. The highest BCUT2D eigenvalue weighted by Crippen LogP contribution is 2.29. The molecule has 2 nitrogen and oxygen atoms in total. The summed E-state index contributed by atoms with van der Waals surface area (Å²) in [5, 5.41) is 12.7. The summed E-state index contributed by atoms with van der Waals surface area (Å²) in [5.74, 6) is 0.901. The average molecular weight is 205 g/mol. The molecule has 1 aliphatic heterocycles. The lowest BCUT2D eigenvalue weighted by Gasteiger charge is -2.31. The van der Waals surface area contributed by atoms with Crippen LogP contribution in [0.5, 0.6) is 0 Å². The number of aliphatic hydroxyl groups excluding tert-OH is 1. The van der Waals surface area contributed by atoms with Crippen molar-refractivity contribution in [2.45, 2.75) is 19.3 Å². The molecule has 2 heteroatoms. The molecule has 2 N–H and O–H groups in total. The Hall–Kier alpha value is -0.860. The summed E-state index contributed by atoms with van der Waals surface area (Å²) in [6.45, 7) is 4.39. The topological polar surface area (TPSA) is 32.3 Å². The van der Waals surface area contributed by atoms with Crippen molar-refractivity contribution in [1.82, 2.24) is 5.32 Å². The van der Waals surface area contributed by atoms with Crippen molar-refractivity contribution in [2.75, 3.05) is 19.7 Å². The van der Waals surface area contributed by atoms with Gasteiger partial charge < -0.3 is 10.4 Å². The van der Waals surface area contributed by atoms with Gasteiger partial charge >= 0.3 is 0 Å². The van der Waals surface area contributed by atoms with Crippen molar-refractivity contribution in [3.63, 3.8) is 0 Å². The van der Waals surface area contributed by atoms with Gasteiger partial charge in [-0.25, -0.2) is 0 Å². The second-order valence-electron chi connectivity index (χ2n) is 4.45. The molecule has 2 atom stereocenters. The largest absolute Gasteiger partial charge is 0.396 e. The lowest BCUT2D eigenvalue weighted by Crippen LogP contribution is -2.37. The minimum absolute atomic E-state index is 0.283. The second-order valence-corrected chi connectivity index (χ2v) is 4.45. The van der Waals surface area contributed by atoms with E-state index in [0.717, 1.165) is 19.5 Å². The third-order valence-electron chi connectivity index (χ3n) is 3.35. The van der Waals surface area contributed by atoms with Crippen LogP contribution >= 0.6 is 0 Å². The zero-order valence-corrected chi connectivity index (χ0v) is 9.24. The Morgan fingerprint density at radius 3 is 2.73 bits per heavy atom. The van der Waals surface area contributed by atoms with Gasteiger partial charge in [-0.05, 0) is 31.4 Å². The van der Waals surface area contributed by atoms with Gasteiger partial charge in [-0.2, -0.15) is 0 Å². The Morgan fingerprint density at radius 2 is 2.07 bits per heavy atom. The second kappa shape index (κ2) is 4.77. The van der Waals surface area contributed by atoms with E-state index in [1.165, 1.54) is 11.1 Å². The van der Waals surface area contributed by atoms with E-state index < -0.39 is 0 Å². The SMILES string of the molecule is Cc1ccc(C2CCNCC2CO)cc1. The Labute approximate surface area is 91.3 Å². The highest BCUT2D eigenvalue weighted by atomic mass is 16.3. The molecule has 0 saturated carbocycles. The van der Waals surface area contributed by atoms with Gasteiger partial charge in [-0.1, -0.05) is 29.8 Å². The molecular weight excluding hydrogens is 186 g/mol. The first kappa shape index (κ1) is 10.7. The number of benzene rings is 1. The minimum atomic E-state index is 0.283. The lowest BCUT2D eigenvalue weighted by atomic mass is 9.81. The summed E-state index contributed by atoms with van der Waals surface area (Å²) in [6.07, 6.45) is 1.13.